The van der Waals surface area contributed by atoms with Crippen LogP contribution in [0.4, 0.5) is 0 Å². The third-order valence-corrected chi connectivity index (χ3v) is 4.21. The van der Waals surface area contributed by atoms with E-state index >= 15 is 0 Å². The fourth-order valence-corrected chi connectivity index (χ4v) is 2.64. The predicted molar refractivity (Wildman–Crippen MR) is 80.6 cm³/mol. The number of rotatable bonds is 2. The van der Waals surface area contributed by atoms with Crippen LogP contribution >= 0.6 is 0 Å². The molecule has 2 nitrogen and oxygen atoms in total. The van der Waals surface area contributed by atoms with Crippen molar-refractivity contribution in [3.63, 3.8) is 0 Å². The summed E-state index contributed by atoms with van der Waals surface area (Å²) in [5.41, 5.74) is 8.86. The molecule has 0 N–H and O–H groups in total. The van der Waals surface area contributed by atoms with Gasteiger partial charge in [0.25, 0.3) is 0 Å². The summed E-state index contributed by atoms with van der Waals surface area (Å²) in [5, 5.41) is 0. The molecule has 0 saturated heterocycles. The first-order valence-electron chi connectivity index (χ1n) is 6.83. The summed E-state index contributed by atoms with van der Waals surface area (Å²) >= 11 is 0. The van der Waals surface area contributed by atoms with Crippen molar-refractivity contribution in [1.29, 1.82) is 0 Å². The van der Waals surface area contributed by atoms with E-state index < -0.39 is 0 Å². The molecule has 0 aliphatic heterocycles. The van der Waals surface area contributed by atoms with Crippen molar-refractivity contribution in [3.8, 4) is 11.8 Å². The van der Waals surface area contributed by atoms with Crippen molar-refractivity contribution in [2.24, 2.45) is 0 Å². The fraction of sp³-hybridized carbons (Fsp3) is 0.471. The molecular formula is C17H22N2W. The van der Waals surface area contributed by atoms with Gasteiger partial charge in [-0.15, -0.1) is 11.8 Å². The summed E-state index contributed by atoms with van der Waals surface area (Å²) in [6, 6.07) is 0. The first-order chi connectivity index (χ1) is 8.99. The maximum absolute atomic E-state index is 4.84. The van der Waals surface area contributed by atoms with Gasteiger partial charge in [-0.2, -0.15) is 0 Å². The van der Waals surface area contributed by atoms with Crippen molar-refractivity contribution < 1.29 is 21.1 Å². The molecular weight excluding hydrogens is 416 g/mol. The Bertz CT molecular complexity index is 700. The van der Waals surface area contributed by atoms with Crippen molar-refractivity contribution in [1.82, 2.24) is 9.38 Å². The minimum Gasteiger partial charge on any atom is -0.301 e. The minimum absolute atomic E-state index is 0. The van der Waals surface area contributed by atoms with Gasteiger partial charge in [-0.3, -0.25) is 0 Å². The van der Waals surface area contributed by atoms with E-state index in [0.29, 0.717) is 0 Å². The van der Waals surface area contributed by atoms with E-state index in [1.165, 1.54) is 33.8 Å². The fourth-order valence-electron chi connectivity index (χ4n) is 2.64. The topological polar surface area (TPSA) is 17.3 Å². The molecule has 2 rings (SSSR count). The minimum atomic E-state index is 0. The van der Waals surface area contributed by atoms with Gasteiger partial charge in [0.1, 0.15) is 5.65 Å². The number of hydrogen-bond donors (Lipinski definition) is 0. The van der Waals surface area contributed by atoms with Crippen LogP contribution in [-0.4, -0.2) is 9.38 Å². The first-order valence-corrected chi connectivity index (χ1v) is 6.83. The second-order valence-corrected chi connectivity index (χ2v) is 5.19. The molecule has 2 heterocycles. The van der Waals surface area contributed by atoms with E-state index in [4.69, 9.17) is 4.98 Å². The molecule has 0 radical (unpaired) electrons. The number of aromatic nitrogens is 2. The normalized spacial score (nSPS) is 10.1. The average molecular weight is 438 g/mol. The van der Waals surface area contributed by atoms with Crippen LogP contribution in [0.1, 0.15) is 47.1 Å². The summed E-state index contributed by atoms with van der Waals surface area (Å²) in [6.07, 6.45) is 1.82. The smallest absolute Gasteiger partial charge is 0.140 e. The Morgan fingerprint density at radius 3 is 2.20 bits per heavy atom. The molecule has 0 spiro atoms. The summed E-state index contributed by atoms with van der Waals surface area (Å²) in [7, 11) is 0. The third-order valence-electron chi connectivity index (χ3n) is 4.21. The summed E-state index contributed by atoms with van der Waals surface area (Å²) in [6.45, 7) is 12.8. The largest absolute Gasteiger partial charge is 0.301 e. The van der Waals surface area contributed by atoms with E-state index in [-0.39, 0.29) is 21.1 Å². The molecule has 0 aliphatic rings. The van der Waals surface area contributed by atoms with Crippen LogP contribution in [-0.2, 0) is 27.5 Å². The maximum atomic E-state index is 4.84. The van der Waals surface area contributed by atoms with Crippen LogP contribution in [0, 0.1) is 46.5 Å². The molecule has 0 aliphatic carbocycles. The van der Waals surface area contributed by atoms with Crippen LogP contribution in [0.25, 0.3) is 5.65 Å². The van der Waals surface area contributed by atoms with Crippen LogP contribution in [0.2, 0.25) is 0 Å². The van der Waals surface area contributed by atoms with Gasteiger partial charge >= 0.3 is 0 Å². The molecule has 0 saturated carbocycles. The van der Waals surface area contributed by atoms with Gasteiger partial charge in [0.05, 0.1) is 5.69 Å². The molecule has 20 heavy (non-hydrogen) atoms. The van der Waals surface area contributed by atoms with E-state index in [2.05, 4.69) is 50.9 Å². The number of pyridine rings is 1. The van der Waals surface area contributed by atoms with Gasteiger partial charge in [0.2, 0.25) is 0 Å². The maximum Gasteiger partial charge on any atom is 0.140 e. The zero-order chi connectivity index (χ0) is 14.2. The van der Waals surface area contributed by atoms with Gasteiger partial charge in [0, 0.05) is 45.3 Å². The Morgan fingerprint density at radius 2 is 1.60 bits per heavy atom. The monoisotopic (exact) mass is 438 g/mol. The quantitative estimate of drug-likeness (QED) is 0.652. The Balaban J connectivity index is 0.00000200. The van der Waals surface area contributed by atoms with E-state index in [9.17, 15) is 0 Å². The SMILES string of the molecule is CC#CCCc1nc2c(C)c(C)c(C)c(C)n2c1C.[W]. The number of fused-ring (bicyclic) bond motifs is 1. The number of aryl methyl sites for hydroxylation is 4. The Kier molecular flexibility index (Phi) is 5.60. The van der Waals surface area contributed by atoms with Crippen LogP contribution in [0.3, 0.4) is 0 Å². The molecule has 0 amide bonds. The van der Waals surface area contributed by atoms with E-state index in [0.717, 1.165) is 18.5 Å². The summed E-state index contributed by atoms with van der Waals surface area (Å²) < 4.78 is 2.30. The average Bonchev–Trinajstić information content (AvgIpc) is 2.72. The molecule has 106 valence electrons. The van der Waals surface area contributed by atoms with E-state index in [1.54, 1.807) is 0 Å². The van der Waals surface area contributed by atoms with Gasteiger partial charge in [-0.25, -0.2) is 4.98 Å². The Labute approximate surface area is 136 Å². The first kappa shape index (κ1) is 17.0. The second kappa shape index (κ2) is 6.59. The Morgan fingerprint density at radius 1 is 0.950 bits per heavy atom. The number of imidazole rings is 1. The van der Waals surface area contributed by atoms with Gasteiger partial charge < -0.3 is 4.40 Å². The van der Waals surface area contributed by atoms with Crippen LogP contribution < -0.4 is 0 Å². The second-order valence-electron chi connectivity index (χ2n) is 5.19. The summed E-state index contributed by atoms with van der Waals surface area (Å²) in [4.78, 5) is 4.84. The Hall–Kier alpha value is -1.06. The van der Waals surface area contributed by atoms with Crippen molar-refractivity contribution >= 4 is 5.65 Å². The van der Waals surface area contributed by atoms with E-state index in [1.807, 2.05) is 6.92 Å². The molecule has 2 aromatic heterocycles. The molecule has 3 heteroatoms. The molecule has 0 unspecified atom stereocenters. The molecule has 2 aromatic rings. The molecule has 0 fully saturated rings. The van der Waals surface area contributed by atoms with Gasteiger partial charge in [-0.1, -0.05) is 0 Å². The van der Waals surface area contributed by atoms with Crippen molar-refractivity contribution in [3.05, 3.63) is 33.8 Å². The summed E-state index contributed by atoms with van der Waals surface area (Å²) in [5.74, 6) is 6.07. The van der Waals surface area contributed by atoms with Crippen molar-refractivity contribution in [2.75, 3.05) is 0 Å². The molecule has 0 bridgehead atoms. The van der Waals surface area contributed by atoms with Crippen LogP contribution in [0.5, 0.6) is 0 Å². The molecule has 0 atom stereocenters. The zero-order valence-corrected chi connectivity index (χ0v) is 16.2. The third kappa shape index (κ3) is 2.70. The number of nitrogens with zero attached hydrogens (tertiary/aromatic N) is 2. The van der Waals surface area contributed by atoms with Crippen LogP contribution in [0.15, 0.2) is 0 Å². The predicted octanol–water partition coefficient (Wildman–Crippen LogP) is 3.83. The standard InChI is InChI=1S/C17H22N2.W/c1-7-8-9-10-16-15(6)19-14(5)12(3)11(2)13(4)17(19)18-16;/h9-10H2,1-6H3;. The molecule has 0 aromatic carbocycles. The number of hydrogen-bond acceptors (Lipinski definition) is 1. The van der Waals surface area contributed by atoms with Gasteiger partial charge in [-0.05, 0) is 58.2 Å². The van der Waals surface area contributed by atoms with Gasteiger partial charge in [0.15, 0.2) is 0 Å². The van der Waals surface area contributed by atoms with Crippen molar-refractivity contribution in [2.45, 2.75) is 54.4 Å². The zero-order valence-electron chi connectivity index (χ0n) is 13.2.